The van der Waals surface area contributed by atoms with Crippen molar-refractivity contribution in [2.45, 2.75) is 32.5 Å². The van der Waals surface area contributed by atoms with Crippen molar-refractivity contribution in [2.75, 3.05) is 24.6 Å². The zero-order chi connectivity index (χ0) is 15.4. The van der Waals surface area contributed by atoms with E-state index in [-0.39, 0.29) is 0 Å². The van der Waals surface area contributed by atoms with E-state index in [1.54, 1.807) is 11.3 Å². The van der Waals surface area contributed by atoms with Gasteiger partial charge in [-0.3, -0.25) is 0 Å². The maximum atomic E-state index is 10.2. The average molecular weight is 317 g/mol. The summed E-state index contributed by atoms with van der Waals surface area (Å²) >= 11 is 1.69. The third-order valence-corrected chi connectivity index (χ3v) is 4.87. The number of ether oxygens (including phenoxy) is 1. The number of aliphatic hydroxyl groups is 1. The Morgan fingerprint density at radius 1 is 1.36 bits per heavy atom. The molecule has 1 aliphatic heterocycles. The summed E-state index contributed by atoms with van der Waals surface area (Å²) in [6, 6.07) is 10.7. The number of fused-ring (bicyclic) bond motifs is 1. The van der Waals surface area contributed by atoms with Gasteiger partial charge in [-0.2, -0.15) is 0 Å². The maximum absolute atomic E-state index is 10.2. The van der Waals surface area contributed by atoms with Gasteiger partial charge in [0.2, 0.25) is 0 Å². The Hall–Kier alpha value is -1.36. The highest BCUT2D eigenvalue weighted by molar-refractivity contribution is 7.09. The molecule has 1 atom stereocenters. The molecule has 118 valence electrons. The summed E-state index contributed by atoms with van der Waals surface area (Å²) in [6.07, 6.45) is 1.84. The molecule has 0 saturated carbocycles. The Morgan fingerprint density at radius 2 is 2.27 bits per heavy atom. The summed E-state index contributed by atoms with van der Waals surface area (Å²) in [5.74, 6) is 0. The van der Waals surface area contributed by atoms with Crippen LogP contribution in [0.15, 0.2) is 35.7 Å². The quantitative estimate of drug-likeness (QED) is 0.886. The zero-order valence-electron chi connectivity index (χ0n) is 13.0. The minimum Gasteiger partial charge on any atom is -0.389 e. The lowest BCUT2D eigenvalue weighted by molar-refractivity contribution is 0.0328. The van der Waals surface area contributed by atoms with Crippen LogP contribution >= 0.6 is 11.3 Å². The van der Waals surface area contributed by atoms with Crippen molar-refractivity contribution < 1.29 is 9.84 Å². The van der Waals surface area contributed by atoms with Crippen LogP contribution in [0.1, 0.15) is 22.4 Å². The zero-order valence-corrected chi connectivity index (χ0v) is 13.8. The summed E-state index contributed by atoms with van der Waals surface area (Å²) in [5, 5.41) is 12.3. The van der Waals surface area contributed by atoms with Gasteiger partial charge in [-0.25, -0.2) is 0 Å². The van der Waals surface area contributed by atoms with E-state index in [4.69, 9.17) is 4.74 Å². The molecule has 2 heterocycles. The van der Waals surface area contributed by atoms with E-state index in [1.807, 2.05) is 11.4 Å². The molecule has 22 heavy (non-hydrogen) atoms. The van der Waals surface area contributed by atoms with E-state index in [0.29, 0.717) is 19.8 Å². The van der Waals surface area contributed by atoms with Crippen molar-refractivity contribution >= 4 is 17.0 Å². The molecule has 1 aromatic heterocycles. The van der Waals surface area contributed by atoms with Crippen LogP contribution in [0.5, 0.6) is 0 Å². The van der Waals surface area contributed by atoms with Crippen LogP contribution in [0.2, 0.25) is 0 Å². The molecule has 1 aromatic carbocycles. The molecule has 0 saturated heterocycles. The predicted molar refractivity (Wildman–Crippen MR) is 91.7 cm³/mol. The highest BCUT2D eigenvalue weighted by atomic mass is 32.1. The molecule has 2 aromatic rings. The molecular weight excluding hydrogens is 294 g/mol. The molecule has 0 amide bonds. The van der Waals surface area contributed by atoms with Gasteiger partial charge in [0.15, 0.2) is 0 Å². The van der Waals surface area contributed by atoms with Crippen LogP contribution in [0.25, 0.3) is 0 Å². The first kappa shape index (κ1) is 15.5. The molecule has 1 N–H and O–H groups in total. The van der Waals surface area contributed by atoms with Crippen LogP contribution in [0.4, 0.5) is 5.69 Å². The lowest BCUT2D eigenvalue weighted by Crippen LogP contribution is -2.38. The lowest BCUT2D eigenvalue weighted by Gasteiger charge is -2.33. The van der Waals surface area contributed by atoms with Crippen molar-refractivity contribution in [3.05, 3.63) is 51.7 Å². The van der Waals surface area contributed by atoms with Gasteiger partial charge in [0.1, 0.15) is 0 Å². The van der Waals surface area contributed by atoms with Crippen molar-refractivity contribution in [1.29, 1.82) is 0 Å². The van der Waals surface area contributed by atoms with Crippen molar-refractivity contribution in [3.8, 4) is 0 Å². The first-order chi connectivity index (χ1) is 10.7. The third kappa shape index (κ3) is 3.88. The number of aryl methyl sites for hydroxylation is 2. The highest BCUT2D eigenvalue weighted by Gasteiger charge is 2.19. The molecule has 3 rings (SSSR count). The van der Waals surface area contributed by atoms with E-state index >= 15 is 0 Å². The fraction of sp³-hybridized carbons (Fsp3) is 0.444. The molecule has 3 nitrogen and oxygen atoms in total. The van der Waals surface area contributed by atoms with E-state index in [2.05, 4.69) is 36.1 Å². The number of anilines is 1. The minimum absolute atomic E-state index is 0.385. The number of thiophene rings is 1. The molecule has 4 heteroatoms. The van der Waals surface area contributed by atoms with Gasteiger partial charge < -0.3 is 14.7 Å². The maximum Gasteiger partial charge on any atom is 0.0948 e. The van der Waals surface area contributed by atoms with Gasteiger partial charge in [0.05, 0.1) is 19.3 Å². The molecule has 0 aliphatic carbocycles. The Morgan fingerprint density at radius 3 is 3.09 bits per heavy atom. The van der Waals surface area contributed by atoms with Crippen molar-refractivity contribution in [2.24, 2.45) is 0 Å². The van der Waals surface area contributed by atoms with Gasteiger partial charge in [-0.05, 0) is 42.8 Å². The Bertz CT molecular complexity index is 597. The number of hydrogen-bond donors (Lipinski definition) is 1. The first-order valence-corrected chi connectivity index (χ1v) is 8.73. The van der Waals surface area contributed by atoms with Crippen molar-refractivity contribution in [1.82, 2.24) is 0 Å². The van der Waals surface area contributed by atoms with E-state index < -0.39 is 6.10 Å². The molecule has 0 radical (unpaired) electrons. The number of β-amino-alcohol motifs (C(OH)–C–C–N with tert-alkyl or cyclic N) is 1. The fourth-order valence-electron chi connectivity index (χ4n) is 2.99. The molecule has 0 bridgehead atoms. The number of aliphatic hydroxyl groups excluding tert-OH is 1. The predicted octanol–water partition coefficient (Wildman–Crippen LogP) is 3.39. The monoisotopic (exact) mass is 317 g/mol. The van der Waals surface area contributed by atoms with Crippen LogP contribution in [0, 0.1) is 6.92 Å². The van der Waals surface area contributed by atoms with Gasteiger partial charge in [0.25, 0.3) is 0 Å². The number of nitrogens with zero attached hydrogens (tertiary/aromatic N) is 1. The standard InChI is InChI=1S/C18H23NO2S/c1-14-6-7-18-15(10-14)4-2-8-19(18)11-16(20)12-21-13-17-5-3-9-22-17/h3,5-7,9-10,16,20H,2,4,8,11-13H2,1H3. The second kappa shape index (κ2) is 7.27. The normalized spacial score (nSPS) is 15.6. The highest BCUT2D eigenvalue weighted by Crippen LogP contribution is 2.28. The first-order valence-electron chi connectivity index (χ1n) is 7.85. The van der Waals surface area contributed by atoms with Crippen LogP contribution in [-0.4, -0.2) is 30.9 Å². The summed E-state index contributed by atoms with van der Waals surface area (Å²) in [6.45, 7) is 4.76. The molecule has 0 fully saturated rings. The van der Waals surface area contributed by atoms with Gasteiger partial charge >= 0.3 is 0 Å². The van der Waals surface area contributed by atoms with Gasteiger partial charge in [-0.1, -0.05) is 23.8 Å². The molecule has 1 aliphatic rings. The second-order valence-electron chi connectivity index (χ2n) is 5.93. The summed E-state index contributed by atoms with van der Waals surface area (Å²) in [7, 11) is 0. The summed E-state index contributed by atoms with van der Waals surface area (Å²) in [4.78, 5) is 3.49. The van der Waals surface area contributed by atoms with E-state index in [1.165, 1.54) is 21.7 Å². The summed E-state index contributed by atoms with van der Waals surface area (Å²) in [5.41, 5.74) is 3.98. The Labute approximate surface area is 136 Å². The number of benzene rings is 1. The molecule has 0 spiro atoms. The average Bonchev–Trinajstić information content (AvgIpc) is 3.00. The Kier molecular flexibility index (Phi) is 5.13. The number of rotatable bonds is 6. The third-order valence-electron chi connectivity index (χ3n) is 4.02. The van der Waals surface area contributed by atoms with Crippen LogP contribution in [-0.2, 0) is 17.8 Å². The number of hydrogen-bond acceptors (Lipinski definition) is 4. The van der Waals surface area contributed by atoms with E-state index in [9.17, 15) is 5.11 Å². The largest absolute Gasteiger partial charge is 0.389 e. The minimum atomic E-state index is -0.452. The van der Waals surface area contributed by atoms with Gasteiger partial charge in [0, 0.05) is 23.7 Å². The van der Waals surface area contributed by atoms with Crippen LogP contribution in [0.3, 0.4) is 0 Å². The smallest absolute Gasteiger partial charge is 0.0948 e. The lowest BCUT2D eigenvalue weighted by atomic mass is 9.99. The Balaban J connectivity index is 1.52. The second-order valence-corrected chi connectivity index (χ2v) is 6.96. The summed E-state index contributed by atoms with van der Waals surface area (Å²) < 4.78 is 5.62. The molecular formula is C18H23NO2S. The van der Waals surface area contributed by atoms with Crippen molar-refractivity contribution in [3.63, 3.8) is 0 Å². The van der Waals surface area contributed by atoms with E-state index in [0.717, 1.165) is 19.4 Å². The van der Waals surface area contributed by atoms with Crippen LogP contribution < -0.4 is 4.90 Å². The topological polar surface area (TPSA) is 32.7 Å². The molecule has 1 unspecified atom stereocenters. The SMILES string of the molecule is Cc1ccc2c(c1)CCCN2CC(O)COCc1cccs1. The van der Waals surface area contributed by atoms with Gasteiger partial charge in [-0.15, -0.1) is 11.3 Å². The fourth-order valence-corrected chi connectivity index (χ4v) is 3.63.